The zero-order chi connectivity index (χ0) is 18.1. The highest BCUT2D eigenvalue weighted by Gasteiger charge is 2.31. The van der Waals surface area contributed by atoms with Crippen molar-refractivity contribution >= 4 is 17.7 Å². The number of anilines is 3. The molecule has 8 nitrogen and oxygen atoms in total. The quantitative estimate of drug-likeness (QED) is 0.768. The first kappa shape index (κ1) is 16.3. The monoisotopic (exact) mass is 348 g/mol. The molecule has 1 aliphatic rings. The molecule has 1 fully saturated rings. The molecule has 0 atom stereocenters. The van der Waals surface area contributed by atoms with Crippen LogP contribution in [0.4, 0.5) is 17.7 Å². The molecule has 0 saturated carbocycles. The van der Waals surface area contributed by atoms with E-state index in [4.69, 9.17) is 0 Å². The lowest BCUT2D eigenvalue weighted by Crippen LogP contribution is -2.46. The molecule has 0 aliphatic carbocycles. The first-order valence-electron chi connectivity index (χ1n) is 8.54. The minimum atomic E-state index is 0.334. The maximum atomic E-state index is 4.60. The van der Waals surface area contributed by atoms with E-state index in [9.17, 15) is 0 Å². The molecule has 0 aromatic carbocycles. The van der Waals surface area contributed by atoms with Gasteiger partial charge < -0.3 is 10.2 Å². The van der Waals surface area contributed by atoms with Crippen molar-refractivity contribution in [3.8, 4) is 0 Å². The average molecular weight is 348 g/mol. The number of nitrogens with zero attached hydrogens (tertiary/aromatic N) is 7. The van der Waals surface area contributed by atoms with Crippen molar-refractivity contribution in [2.24, 2.45) is 0 Å². The molecule has 3 aromatic rings. The van der Waals surface area contributed by atoms with E-state index in [1.807, 2.05) is 39.0 Å². The molecule has 8 heteroatoms. The SMILES string of the molecule is Cc1cc(C)nc(Nc2cc(C3CN(c4ncccn4)C3)nc(C)n2)n1. The van der Waals surface area contributed by atoms with Gasteiger partial charge in [0.2, 0.25) is 11.9 Å². The smallest absolute Gasteiger partial charge is 0.228 e. The molecule has 0 spiro atoms. The largest absolute Gasteiger partial charge is 0.339 e. The van der Waals surface area contributed by atoms with Crippen molar-refractivity contribution in [2.75, 3.05) is 23.3 Å². The molecule has 1 N–H and O–H groups in total. The molecule has 0 radical (unpaired) electrons. The number of hydrogen-bond donors (Lipinski definition) is 1. The highest BCUT2D eigenvalue weighted by Crippen LogP contribution is 2.29. The summed E-state index contributed by atoms with van der Waals surface area (Å²) < 4.78 is 0. The fraction of sp³-hybridized carbons (Fsp3) is 0.333. The van der Waals surface area contributed by atoms with Gasteiger partial charge in [0.05, 0.1) is 5.69 Å². The van der Waals surface area contributed by atoms with Crippen LogP contribution in [0.3, 0.4) is 0 Å². The topological polar surface area (TPSA) is 92.6 Å². The lowest BCUT2D eigenvalue weighted by Gasteiger charge is -2.38. The van der Waals surface area contributed by atoms with Crippen molar-refractivity contribution in [3.05, 3.63) is 53.5 Å². The summed E-state index contributed by atoms with van der Waals surface area (Å²) in [5.74, 6) is 3.09. The Morgan fingerprint density at radius 2 is 1.62 bits per heavy atom. The molecule has 0 unspecified atom stereocenters. The van der Waals surface area contributed by atoms with E-state index in [0.29, 0.717) is 17.7 Å². The Kier molecular flexibility index (Phi) is 4.16. The van der Waals surface area contributed by atoms with E-state index in [2.05, 4.69) is 40.1 Å². The molecule has 1 saturated heterocycles. The highest BCUT2D eigenvalue weighted by atomic mass is 15.3. The molecule has 0 amide bonds. The van der Waals surface area contributed by atoms with Gasteiger partial charge in [0.15, 0.2) is 0 Å². The van der Waals surface area contributed by atoms with Crippen LogP contribution in [0.1, 0.15) is 28.8 Å². The van der Waals surface area contributed by atoms with E-state index in [1.165, 1.54) is 0 Å². The van der Waals surface area contributed by atoms with Crippen LogP contribution in [0.2, 0.25) is 0 Å². The third kappa shape index (κ3) is 3.44. The fourth-order valence-corrected chi connectivity index (χ4v) is 3.04. The van der Waals surface area contributed by atoms with Gasteiger partial charge in [0, 0.05) is 48.9 Å². The van der Waals surface area contributed by atoms with Crippen LogP contribution in [0.25, 0.3) is 0 Å². The summed E-state index contributed by atoms with van der Waals surface area (Å²) in [6.07, 6.45) is 3.52. The molecule has 0 bridgehead atoms. The Bertz CT molecular complexity index is 901. The van der Waals surface area contributed by atoms with Crippen molar-refractivity contribution < 1.29 is 0 Å². The van der Waals surface area contributed by atoms with Crippen LogP contribution in [0, 0.1) is 20.8 Å². The predicted molar refractivity (Wildman–Crippen MR) is 98.5 cm³/mol. The fourth-order valence-electron chi connectivity index (χ4n) is 3.04. The Hall–Kier alpha value is -3.16. The standard InChI is InChI=1S/C18H20N8/c1-11-7-12(2)22-17(21-11)25-16-8-15(23-13(3)24-16)14-9-26(10-14)18-19-5-4-6-20-18/h4-8,14H,9-10H2,1-3H3,(H,21,22,23,24,25). The van der Waals surface area contributed by atoms with E-state index in [-0.39, 0.29) is 0 Å². The summed E-state index contributed by atoms with van der Waals surface area (Å²) in [4.78, 5) is 28.6. The number of rotatable bonds is 4. The van der Waals surface area contributed by atoms with Crippen LogP contribution in [-0.4, -0.2) is 43.0 Å². The number of nitrogens with one attached hydrogen (secondary N) is 1. The lowest BCUT2D eigenvalue weighted by molar-refractivity contribution is 0.501. The summed E-state index contributed by atoms with van der Waals surface area (Å²) in [6, 6.07) is 5.74. The van der Waals surface area contributed by atoms with Crippen LogP contribution < -0.4 is 10.2 Å². The Balaban J connectivity index is 1.50. The van der Waals surface area contributed by atoms with E-state index in [1.54, 1.807) is 12.4 Å². The van der Waals surface area contributed by atoms with Gasteiger partial charge in [-0.25, -0.2) is 29.9 Å². The molecular weight excluding hydrogens is 328 g/mol. The van der Waals surface area contributed by atoms with Gasteiger partial charge in [-0.2, -0.15) is 0 Å². The van der Waals surface area contributed by atoms with Gasteiger partial charge in [-0.05, 0) is 32.9 Å². The van der Waals surface area contributed by atoms with E-state index >= 15 is 0 Å². The summed E-state index contributed by atoms with van der Waals surface area (Å²) in [5, 5.41) is 3.20. The number of aromatic nitrogens is 6. The average Bonchev–Trinajstić information content (AvgIpc) is 2.53. The Morgan fingerprint density at radius 1 is 0.923 bits per heavy atom. The van der Waals surface area contributed by atoms with Crippen molar-refractivity contribution in [1.29, 1.82) is 0 Å². The second-order valence-corrected chi connectivity index (χ2v) is 6.48. The van der Waals surface area contributed by atoms with Crippen LogP contribution in [0.15, 0.2) is 30.6 Å². The second-order valence-electron chi connectivity index (χ2n) is 6.48. The van der Waals surface area contributed by atoms with Crippen LogP contribution in [-0.2, 0) is 0 Å². The summed E-state index contributed by atoms with van der Waals surface area (Å²) in [5.41, 5.74) is 2.85. The van der Waals surface area contributed by atoms with Gasteiger partial charge in [-0.3, -0.25) is 0 Å². The summed E-state index contributed by atoms with van der Waals surface area (Å²) >= 11 is 0. The maximum Gasteiger partial charge on any atom is 0.228 e. The van der Waals surface area contributed by atoms with E-state index in [0.717, 1.165) is 41.9 Å². The van der Waals surface area contributed by atoms with Crippen molar-refractivity contribution in [2.45, 2.75) is 26.7 Å². The first-order valence-corrected chi connectivity index (χ1v) is 8.54. The normalized spacial score (nSPS) is 14.2. The molecule has 4 heterocycles. The predicted octanol–water partition coefficient (Wildman–Crippen LogP) is 2.33. The van der Waals surface area contributed by atoms with Gasteiger partial charge in [-0.15, -0.1) is 0 Å². The third-order valence-electron chi connectivity index (χ3n) is 4.21. The minimum absolute atomic E-state index is 0.334. The molecular formula is C18H20N8. The summed E-state index contributed by atoms with van der Waals surface area (Å²) in [7, 11) is 0. The van der Waals surface area contributed by atoms with Gasteiger partial charge in [-0.1, -0.05) is 0 Å². The maximum absolute atomic E-state index is 4.60. The second kappa shape index (κ2) is 6.62. The lowest BCUT2D eigenvalue weighted by atomic mass is 9.96. The molecule has 3 aromatic heterocycles. The zero-order valence-corrected chi connectivity index (χ0v) is 15.0. The van der Waals surface area contributed by atoms with Crippen LogP contribution >= 0.6 is 0 Å². The minimum Gasteiger partial charge on any atom is -0.339 e. The van der Waals surface area contributed by atoms with Gasteiger partial charge in [0.1, 0.15) is 11.6 Å². The third-order valence-corrected chi connectivity index (χ3v) is 4.21. The molecule has 26 heavy (non-hydrogen) atoms. The zero-order valence-electron chi connectivity index (χ0n) is 15.0. The number of aryl methyl sites for hydroxylation is 3. The van der Waals surface area contributed by atoms with Crippen molar-refractivity contribution in [1.82, 2.24) is 29.9 Å². The molecule has 4 rings (SSSR count). The number of hydrogen-bond acceptors (Lipinski definition) is 8. The van der Waals surface area contributed by atoms with E-state index < -0.39 is 0 Å². The van der Waals surface area contributed by atoms with Gasteiger partial charge in [0.25, 0.3) is 0 Å². The van der Waals surface area contributed by atoms with Gasteiger partial charge >= 0.3 is 0 Å². The molecule has 1 aliphatic heterocycles. The molecule has 132 valence electrons. The Morgan fingerprint density at radius 3 is 2.31 bits per heavy atom. The summed E-state index contributed by atoms with van der Waals surface area (Å²) in [6.45, 7) is 7.49. The highest BCUT2D eigenvalue weighted by molar-refractivity contribution is 5.50. The first-order chi connectivity index (χ1) is 12.6. The van der Waals surface area contributed by atoms with Crippen molar-refractivity contribution in [3.63, 3.8) is 0 Å². The van der Waals surface area contributed by atoms with Crippen LogP contribution in [0.5, 0.6) is 0 Å². The Labute approximate surface area is 151 Å².